The Labute approximate surface area is 258 Å². The lowest BCUT2D eigenvalue weighted by molar-refractivity contribution is 0.0624. The second kappa shape index (κ2) is 11.6. The second-order valence-corrected chi connectivity index (χ2v) is 12.9. The molecule has 0 aromatic heterocycles. The smallest absolute Gasteiger partial charge is 0.412 e. The van der Waals surface area contributed by atoms with Gasteiger partial charge in [0.05, 0.1) is 31.9 Å². The Morgan fingerprint density at radius 2 is 1.34 bits per heavy atom. The first-order valence-electron chi connectivity index (χ1n) is 14.6. The summed E-state index contributed by atoms with van der Waals surface area (Å²) in [6.45, 7) is 11.4. The molecule has 2 heterocycles. The highest BCUT2D eigenvalue weighted by Gasteiger charge is 2.58. The highest BCUT2D eigenvalue weighted by molar-refractivity contribution is 5.89. The number of anilines is 4. The summed E-state index contributed by atoms with van der Waals surface area (Å²) in [7, 11) is 3.24. The fourth-order valence-electron chi connectivity index (χ4n) is 5.95. The van der Waals surface area contributed by atoms with Crippen LogP contribution in [0.5, 0.6) is 11.5 Å². The van der Waals surface area contributed by atoms with Gasteiger partial charge < -0.3 is 28.6 Å². The number of amides is 2. The van der Waals surface area contributed by atoms with Gasteiger partial charge in [-0.25, -0.2) is 9.59 Å². The quantitative estimate of drug-likeness (QED) is 0.297. The Bertz CT molecular complexity index is 1560. The van der Waals surface area contributed by atoms with Crippen LogP contribution in [0.4, 0.5) is 32.3 Å². The topological polar surface area (TPSA) is 108 Å². The molecule has 234 valence electrons. The van der Waals surface area contributed by atoms with Gasteiger partial charge >= 0.3 is 12.2 Å². The largest absolute Gasteiger partial charge is 0.496 e. The monoisotopic (exact) mass is 603 g/mol. The maximum absolute atomic E-state index is 12.7. The van der Waals surface area contributed by atoms with E-state index in [1.54, 1.807) is 26.4 Å². The summed E-state index contributed by atoms with van der Waals surface area (Å²) in [6.07, 6.45) is -0.926. The third-order valence-electron chi connectivity index (χ3n) is 7.48. The Kier molecular flexibility index (Phi) is 8.15. The number of hydrogen-bond donors (Lipinski definition) is 2. The first-order chi connectivity index (χ1) is 20.8. The number of rotatable bonds is 6. The average Bonchev–Trinajstić information content (AvgIpc) is 3.47. The molecule has 10 nitrogen and oxygen atoms in total. The van der Waals surface area contributed by atoms with Crippen molar-refractivity contribution in [3.63, 3.8) is 0 Å². The molecular formula is C34H41N3O7. The second-order valence-electron chi connectivity index (χ2n) is 12.9. The van der Waals surface area contributed by atoms with Crippen molar-refractivity contribution in [3.05, 3.63) is 71.8 Å². The lowest BCUT2D eigenvalue weighted by Crippen LogP contribution is -2.41. The van der Waals surface area contributed by atoms with E-state index >= 15 is 0 Å². The minimum atomic E-state index is -0.660. The predicted octanol–water partition coefficient (Wildman–Crippen LogP) is 7.58. The van der Waals surface area contributed by atoms with E-state index in [2.05, 4.69) is 21.6 Å². The van der Waals surface area contributed by atoms with E-state index in [-0.39, 0.29) is 0 Å². The van der Waals surface area contributed by atoms with E-state index in [0.717, 1.165) is 16.8 Å². The fraction of sp³-hybridized carbons (Fsp3) is 0.412. The zero-order valence-electron chi connectivity index (χ0n) is 26.6. The van der Waals surface area contributed by atoms with Crippen LogP contribution < -0.4 is 25.0 Å². The molecule has 0 radical (unpaired) electrons. The number of nitrogens with one attached hydrogen (secondary N) is 2. The van der Waals surface area contributed by atoms with Gasteiger partial charge in [0.1, 0.15) is 28.9 Å². The lowest BCUT2D eigenvalue weighted by Gasteiger charge is -2.34. The van der Waals surface area contributed by atoms with Crippen molar-refractivity contribution in [2.75, 3.05) is 36.4 Å². The molecule has 3 aromatic rings. The van der Waals surface area contributed by atoms with Gasteiger partial charge in [0, 0.05) is 22.6 Å². The summed E-state index contributed by atoms with van der Waals surface area (Å²) in [6, 6.07) is 19.1. The summed E-state index contributed by atoms with van der Waals surface area (Å²) in [5.41, 5.74) is 2.73. The van der Waals surface area contributed by atoms with Crippen LogP contribution in [-0.4, -0.2) is 50.4 Å². The molecule has 0 spiro atoms. The van der Waals surface area contributed by atoms with Crippen molar-refractivity contribution >= 4 is 34.9 Å². The fourth-order valence-corrected chi connectivity index (χ4v) is 5.95. The van der Waals surface area contributed by atoms with E-state index in [0.29, 0.717) is 41.6 Å². The molecule has 1 unspecified atom stereocenters. The lowest BCUT2D eigenvalue weighted by atomic mass is 9.73. The molecule has 2 N–H and O–H groups in total. The first kappa shape index (κ1) is 31.0. The van der Waals surface area contributed by atoms with Gasteiger partial charge in [-0.15, -0.1) is 0 Å². The van der Waals surface area contributed by atoms with Crippen LogP contribution in [0.25, 0.3) is 0 Å². The number of para-hydroxylation sites is 1. The van der Waals surface area contributed by atoms with Crippen LogP contribution in [0.2, 0.25) is 0 Å². The first-order valence-corrected chi connectivity index (χ1v) is 14.6. The van der Waals surface area contributed by atoms with Gasteiger partial charge in [-0.1, -0.05) is 18.2 Å². The van der Waals surface area contributed by atoms with Crippen molar-refractivity contribution < 1.29 is 33.3 Å². The van der Waals surface area contributed by atoms with Gasteiger partial charge in [0.15, 0.2) is 0 Å². The number of carbonyl (C=O) groups is 2. The number of ether oxygens (including phenoxy) is 5. The molecule has 1 fully saturated rings. The summed E-state index contributed by atoms with van der Waals surface area (Å²) in [5, 5.41) is 5.72. The average molecular weight is 604 g/mol. The molecule has 5 rings (SSSR count). The number of methoxy groups -OCH3 is 2. The van der Waals surface area contributed by atoms with Crippen LogP contribution in [0.15, 0.2) is 60.7 Å². The van der Waals surface area contributed by atoms with Crippen LogP contribution in [-0.2, 0) is 19.6 Å². The van der Waals surface area contributed by atoms with E-state index in [4.69, 9.17) is 23.7 Å². The third kappa shape index (κ3) is 5.99. The Morgan fingerprint density at radius 1 is 0.773 bits per heavy atom. The molecule has 2 aliphatic rings. The molecule has 0 saturated carbocycles. The number of fused-ring (bicyclic) bond motifs is 3. The summed E-state index contributed by atoms with van der Waals surface area (Å²) in [5.74, 6) is 1.27. The minimum Gasteiger partial charge on any atom is -0.496 e. The highest BCUT2D eigenvalue weighted by Crippen LogP contribution is 2.60. The predicted molar refractivity (Wildman–Crippen MR) is 169 cm³/mol. The molecule has 2 atom stereocenters. The van der Waals surface area contributed by atoms with E-state index < -0.39 is 35.0 Å². The van der Waals surface area contributed by atoms with Crippen molar-refractivity contribution in [1.82, 2.24) is 0 Å². The summed E-state index contributed by atoms with van der Waals surface area (Å²) >= 11 is 0. The number of nitrogens with zero attached hydrogens (tertiary/aromatic N) is 1. The van der Waals surface area contributed by atoms with Gasteiger partial charge in [-0.2, -0.15) is 0 Å². The van der Waals surface area contributed by atoms with Crippen molar-refractivity contribution in [1.29, 1.82) is 0 Å². The zero-order chi connectivity index (χ0) is 31.9. The van der Waals surface area contributed by atoms with Gasteiger partial charge in [-0.3, -0.25) is 10.6 Å². The molecular weight excluding hydrogens is 562 g/mol. The van der Waals surface area contributed by atoms with Crippen LogP contribution in [0.3, 0.4) is 0 Å². The molecule has 3 aromatic carbocycles. The molecule has 2 aliphatic heterocycles. The van der Waals surface area contributed by atoms with Crippen molar-refractivity contribution in [2.24, 2.45) is 0 Å². The normalized spacial score (nSPS) is 19.1. The van der Waals surface area contributed by atoms with Crippen LogP contribution in [0, 0.1) is 0 Å². The summed E-state index contributed by atoms with van der Waals surface area (Å²) in [4.78, 5) is 27.4. The molecule has 2 amide bonds. The van der Waals surface area contributed by atoms with Gasteiger partial charge in [0.25, 0.3) is 0 Å². The highest BCUT2D eigenvalue weighted by atomic mass is 16.6. The Balaban J connectivity index is 1.61. The van der Waals surface area contributed by atoms with Gasteiger partial charge in [0.2, 0.25) is 0 Å². The molecule has 0 aliphatic carbocycles. The molecule has 10 heteroatoms. The maximum atomic E-state index is 12.7. The van der Waals surface area contributed by atoms with Crippen LogP contribution >= 0.6 is 0 Å². The number of hydrogen-bond acceptors (Lipinski definition) is 8. The van der Waals surface area contributed by atoms with Crippen molar-refractivity contribution in [2.45, 2.75) is 70.8 Å². The SMILES string of the molecule is COc1ccc(NC(=O)OC(C)(C)C)cc1N1c2ccccc2[C@@]2(c3cc(NC(=O)OC(C)(C)C)ccc3OC)CCOC12. The van der Waals surface area contributed by atoms with Crippen molar-refractivity contribution in [3.8, 4) is 11.5 Å². The van der Waals surface area contributed by atoms with E-state index in [1.807, 2.05) is 84.0 Å². The third-order valence-corrected chi connectivity index (χ3v) is 7.48. The molecule has 44 heavy (non-hydrogen) atoms. The van der Waals surface area contributed by atoms with E-state index in [9.17, 15) is 9.59 Å². The summed E-state index contributed by atoms with van der Waals surface area (Å²) < 4.78 is 29.3. The van der Waals surface area contributed by atoms with Crippen LogP contribution in [0.1, 0.15) is 59.1 Å². The zero-order valence-corrected chi connectivity index (χ0v) is 26.6. The Morgan fingerprint density at radius 3 is 1.93 bits per heavy atom. The Hall–Kier alpha value is -4.44. The maximum Gasteiger partial charge on any atom is 0.412 e. The molecule has 0 bridgehead atoms. The van der Waals surface area contributed by atoms with Gasteiger partial charge in [-0.05, 0) is 96.0 Å². The van der Waals surface area contributed by atoms with E-state index in [1.165, 1.54) is 0 Å². The number of benzene rings is 3. The number of carbonyl (C=O) groups excluding carboxylic acids is 2. The minimum absolute atomic E-state index is 0.487. The standard InChI is InChI=1S/C34H41N3O7/c1-32(2,3)43-30(38)35-21-13-15-27(40-7)24(19-21)34-17-18-42-29(34)37(25-12-10-9-11-23(25)34)26-20-22(14-16-28(26)41-8)36-31(39)44-33(4,5)6/h9-16,19-20,29H,17-18H2,1-8H3,(H,35,38)(H,36,39)/t29?,34-/m1/s1. The molecule has 1 saturated heterocycles.